The summed E-state index contributed by atoms with van der Waals surface area (Å²) in [6.07, 6.45) is 5.21. The minimum absolute atomic E-state index is 0.514. The minimum Gasteiger partial charge on any atom is -0.402 e. The predicted octanol–water partition coefficient (Wildman–Crippen LogP) is 3.88. The average Bonchev–Trinajstić information content (AvgIpc) is 2.19. The number of hydrogen-bond acceptors (Lipinski definition) is 1. The van der Waals surface area contributed by atoms with Gasteiger partial charge >= 0.3 is 0 Å². The SMILES string of the molecule is Cc1cc(C)c(C2=CC=C(N)CC2C)c(C)c1. The molecule has 1 unspecified atom stereocenters. The van der Waals surface area contributed by atoms with E-state index < -0.39 is 0 Å². The van der Waals surface area contributed by atoms with Crippen molar-refractivity contribution < 1.29 is 0 Å². The number of allylic oxidation sites excluding steroid dienone is 4. The summed E-state index contributed by atoms with van der Waals surface area (Å²) in [5.74, 6) is 0.514. The number of hydrogen-bond donors (Lipinski definition) is 1. The lowest BCUT2D eigenvalue weighted by Gasteiger charge is -2.23. The van der Waals surface area contributed by atoms with E-state index in [-0.39, 0.29) is 0 Å². The zero-order chi connectivity index (χ0) is 12.6. The summed E-state index contributed by atoms with van der Waals surface area (Å²) in [5.41, 5.74) is 13.8. The Labute approximate surface area is 104 Å². The third-order valence-corrected chi connectivity index (χ3v) is 3.52. The zero-order valence-corrected chi connectivity index (χ0v) is 11.2. The van der Waals surface area contributed by atoms with Gasteiger partial charge in [0.25, 0.3) is 0 Å². The van der Waals surface area contributed by atoms with Crippen LogP contribution in [0.25, 0.3) is 5.57 Å². The second kappa shape index (κ2) is 4.40. The van der Waals surface area contributed by atoms with E-state index in [0.29, 0.717) is 5.92 Å². The van der Waals surface area contributed by atoms with E-state index in [0.717, 1.165) is 12.1 Å². The van der Waals surface area contributed by atoms with Gasteiger partial charge in [0.1, 0.15) is 0 Å². The number of benzene rings is 1. The van der Waals surface area contributed by atoms with Crippen LogP contribution < -0.4 is 5.73 Å². The molecule has 0 radical (unpaired) electrons. The first-order chi connectivity index (χ1) is 7.99. The summed E-state index contributed by atoms with van der Waals surface area (Å²) in [5, 5.41) is 0. The molecule has 0 saturated heterocycles. The van der Waals surface area contributed by atoms with Gasteiger partial charge in [0.15, 0.2) is 0 Å². The topological polar surface area (TPSA) is 26.0 Å². The van der Waals surface area contributed by atoms with Crippen LogP contribution in [0.1, 0.15) is 35.6 Å². The Balaban J connectivity index is 2.55. The van der Waals surface area contributed by atoms with Crippen molar-refractivity contribution in [2.24, 2.45) is 11.7 Å². The van der Waals surface area contributed by atoms with Gasteiger partial charge in [-0.3, -0.25) is 0 Å². The Morgan fingerprint density at radius 3 is 2.18 bits per heavy atom. The van der Waals surface area contributed by atoms with Crippen molar-refractivity contribution >= 4 is 5.57 Å². The van der Waals surface area contributed by atoms with E-state index in [2.05, 4.69) is 45.9 Å². The quantitative estimate of drug-likeness (QED) is 0.774. The number of rotatable bonds is 1. The van der Waals surface area contributed by atoms with E-state index in [9.17, 15) is 0 Å². The van der Waals surface area contributed by atoms with Gasteiger partial charge in [0.2, 0.25) is 0 Å². The Bertz CT molecular complexity index is 483. The van der Waals surface area contributed by atoms with Crippen molar-refractivity contribution in [3.8, 4) is 0 Å². The molecule has 1 aromatic carbocycles. The Morgan fingerprint density at radius 1 is 1.06 bits per heavy atom. The van der Waals surface area contributed by atoms with E-state index >= 15 is 0 Å². The standard InChI is InChI=1S/C16H21N/c1-10-7-12(3)16(13(4)8-10)15-6-5-14(17)9-11(15)2/h5-8,11H,9,17H2,1-4H3. The van der Waals surface area contributed by atoms with Gasteiger partial charge in [0, 0.05) is 5.70 Å². The molecule has 2 N–H and O–H groups in total. The minimum atomic E-state index is 0.514. The third-order valence-electron chi connectivity index (χ3n) is 3.52. The van der Waals surface area contributed by atoms with Crippen molar-refractivity contribution in [3.63, 3.8) is 0 Å². The zero-order valence-electron chi connectivity index (χ0n) is 11.2. The molecule has 0 aliphatic heterocycles. The third kappa shape index (κ3) is 2.28. The molecule has 0 aromatic heterocycles. The molecule has 17 heavy (non-hydrogen) atoms. The maximum atomic E-state index is 5.88. The van der Waals surface area contributed by atoms with E-state index in [4.69, 9.17) is 5.73 Å². The maximum Gasteiger partial charge on any atom is 0.00865 e. The van der Waals surface area contributed by atoms with Gasteiger partial charge in [-0.05, 0) is 61.4 Å². The molecule has 1 aliphatic rings. The van der Waals surface area contributed by atoms with Crippen molar-refractivity contribution in [1.82, 2.24) is 0 Å². The van der Waals surface area contributed by atoms with Crippen LogP contribution in [0.15, 0.2) is 30.0 Å². The van der Waals surface area contributed by atoms with Crippen molar-refractivity contribution in [1.29, 1.82) is 0 Å². The van der Waals surface area contributed by atoms with Gasteiger partial charge in [-0.1, -0.05) is 30.7 Å². The lowest BCUT2D eigenvalue weighted by atomic mass is 9.82. The normalized spacial score (nSPS) is 19.9. The Kier molecular flexibility index (Phi) is 3.10. The molecule has 0 fully saturated rings. The molecule has 0 bridgehead atoms. The second-order valence-corrected chi connectivity index (χ2v) is 5.24. The largest absolute Gasteiger partial charge is 0.402 e. The molecule has 2 rings (SSSR count). The Morgan fingerprint density at radius 2 is 1.65 bits per heavy atom. The number of aryl methyl sites for hydroxylation is 3. The summed E-state index contributed by atoms with van der Waals surface area (Å²) in [7, 11) is 0. The monoisotopic (exact) mass is 227 g/mol. The summed E-state index contributed by atoms with van der Waals surface area (Å²) < 4.78 is 0. The number of nitrogens with two attached hydrogens (primary N) is 1. The van der Waals surface area contributed by atoms with E-state index in [1.165, 1.54) is 27.8 Å². The highest BCUT2D eigenvalue weighted by atomic mass is 14.6. The molecular weight excluding hydrogens is 206 g/mol. The van der Waals surface area contributed by atoms with Crippen LogP contribution in [-0.2, 0) is 0 Å². The van der Waals surface area contributed by atoms with Crippen LogP contribution in [0.2, 0.25) is 0 Å². The van der Waals surface area contributed by atoms with Crippen molar-refractivity contribution in [3.05, 3.63) is 52.2 Å². The van der Waals surface area contributed by atoms with Gasteiger partial charge in [-0.2, -0.15) is 0 Å². The highest BCUT2D eigenvalue weighted by molar-refractivity contribution is 5.75. The molecule has 1 heteroatoms. The van der Waals surface area contributed by atoms with Gasteiger partial charge < -0.3 is 5.73 Å². The summed E-state index contributed by atoms with van der Waals surface area (Å²) in [6, 6.07) is 4.52. The summed E-state index contributed by atoms with van der Waals surface area (Å²) >= 11 is 0. The fourth-order valence-electron chi connectivity index (χ4n) is 2.86. The summed E-state index contributed by atoms with van der Waals surface area (Å²) in [4.78, 5) is 0. The molecule has 1 aliphatic carbocycles. The molecule has 0 saturated carbocycles. The maximum absolute atomic E-state index is 5.88. The molecule has 0 spiro atoms. The van der Waals surface area contributed by atoms with Crippen LogP contribution >= 0.6 is 0 Å². The molecule has 90 valence electrons. The Hall–Kier alpha value is -1.50. The first-order valence-electron chi connectivity index (χ1n) is 6.23. The van der Waals surface area contributed by atoms with Crippen molar-refractivity contribution in [2.45, 2.75) is 34.1 Å². The van der Waals surface area contributed by atoms with Gasteiger partial charge in [-0.25, -0.2) is 0 Å². The highest BCUT2D eigenvalue weighted by Gasteiger charge is 2.18. The predicted molar refractivity (Wildman–Crippen MR) is 74.7 cm³/mol. The van der Waals surface area contributed by atoms with E-state index in [1.54, 1.807) is 0 Å². The van der Waals surface area contributed by atoms with Crippen LogP contribution in [0.4, 0.5) is 0 Å². The lowest BCUT2D eigenvalue weighted by Crippen LogP contribution is -2.11. The highest BCUT2D eigenvalue weighted by Crippen LogP contribution is 2.34. The first kappa shape index (κ1) is 12.0. The molecule has 0 heterocycles. The van der Waals surface area contributed by atoms with E-state index in [1.807, 2.05) is 6.08 Å². The average molecular weight is 227 g/mol. The van der Waals surface area contributed by atoms with Crippen LogP contribution in [-0.4, -0.2) is 0 Å². The second-order valence-electron chi connectivity index (χ2n) is 5.24. The first-order valence-corrected chi connectivity index (χ1v) is 6.23. The lowest BCUT2D eigenvalue weighted by molar-refractivity contribution is 0.720. The molecular formula is C16H21N. The fraction of sp³-hybridized carbons (Fsp3) is 0.375. The van der Waals surface area contributed by atoms with Crippen LogP contribution in [0, 0.1) is 26.7 Å². The van der Waals surface area contributed by atoms with Gasteiger partial charge in [0.05, 0.1) is 0 Å². The van der Waals surface area contributed by atoms with Crippen molar-refractivity contribution in [2.75, 3.05) is 0 Å². The molecule has 1 nitrogen and oxygen atoms in total. The van der Waals surface area contributed by atoms with Crippen LogP contribution in [0.5, 0.6) is 0 Å². The molecule has 1 atom stereocenters. The summed E-state index contributed by atoms with van der Waals surface area (Å²) in [6.45, 7) is 8.81. The van der Waals surface area contributed by atoms with Gasteiger partial charge in [-0.15, -0.1) is 0 Å². The smallest absolute Gasteiger partial charge is 0.00865 e. The fourth-order valence-corrected chi connectivity index (χ4v) is 2.86. The molecule has 1 aromatic rings. The van der Waals surface area contributed by atoms with Crippen LogP contribution in [0.3, 0.4) is 0 Å². The molecule has 0 amide bonds.